The van der Waals surface area contributed by atoms with E-state index in [4.69, 9.17) is 33.2 Å². The second kappa shape index (κ2) is 18.7. The summed E-state index contributed by atoms with van der Waals surface area (Å²) in [5.74, 6) is 3.59. The Labute approximate surface area is 259 Å². The van der Waals surface area contributed by atoms with Gasteiger partial charge in [-0.1, -0.05) is 31.0 Å². The van der Waals surface area contributed by atoms with E-state index in [9.17, 15) is 10.1 Å². The average Bonchev–Trinajstić information content (AvgIpc) is 3.51. The highest BCUT2D eigenvalue weighted by atomic mass is 16.6. The predicted molar refractivity (Wildman–Crippen MR) is 165 cm³/mol. The van der Waals surface area contributed by atoms with Crippen LogP contribution in [-0.4, -0.2) is 82.1 Å². The van der Waals surface area contributed by atoms with E-state index >= 15 is 0 Å². The minimum Gasteiger partial charge on any atom is -0.493 e. The van der Waals surface area contributed by atoms with Gasteiger partial charge >= 0.3 is 5.95 Å². The van der Waals surface area contributed by atoms with Gasteiger partial charge in [-0.05, 0) is 65.0 Å². The van der Waals surface area contributed by atoms with Crippen LogP contribution in [0.1, 0.15) is 25.0 Å². The molecule has 2 aromatic carbocycles. The summed E-state index contributed by atoms with van der Waals surface area (Å²) in [5, 5.41) is 10.8. The molecule has 12 heteroatoms. The smallest absolute Gasteiger partial charge is 0.434 e. The molecule has 0 aliphatic heterocycles. The maximum Gasteiger partial charge on any atom is 0.434 e. The third kappa shape index (κ3) is 11.0. The number of benzene rings is 2. The van der Waals surface area contributed by atoms with E-state index in [1.165, 1.54) is 21.9 Å². The van der Waals surface area contributed by atoms with Crippen molar-refractivity contribution in [1.82, 2.24) is 9.55 Å². The molecule has 0 aliphatic rings. The van der Waals surface area contributed by atoms with Crippen molar-refractivity contribution in [3.05, 3.63) is 70.0 Å². The molecule has 0 spiro atoms. The minimum atomic E-state index is -0.520. The third-order valence-electron chi connectivity index (χ3n) is 7.33. The van der Waals surface area contributed by atoms with Crippen LogP contribution in [0.25, 0.3) is 0 Å². The van der Waals surface area contributed by atoms with E-state index in [1.807, 2.05) is 18.2 Å². The summed E-state index contributed by atoms with van der Waals surface area (Å²) in [6, 6.07) is 12.2. The number of rotatable bonds is 22. The molecule has 3 aromatic rings. The highest BCUT2D eigenvalue weighted by molar-refractivity contribution is 5.44. The molecule has 12 nitrogen and oxygen atoms in total. The van der Waals surface area contributed by atoms with Crippen molar-refractivity contribution in [2.75, 3.05) is 67.6 Å². The van der Waals surface area contributed by atoms with Crippen molar-refractivity contribution in [3.8, 4) is 23.0 Å². The van der Waals surface area contributed by atoms with Crippen LogP contribution in [0.5, 0.6) is 23.0 Å². The van der Waals surface area contributed by atoms with Gasteiger partial charge < -0.3 is 43.3 Å². The Morgan fingerprint density at radius 1 is 0.727 bits per heavy atom. The van der Waals surface area contributed by atoms with Crippen molar-refractivity contribution in [2.24, 2.45) is 11.8 Å². The Kier molecular flexibility index (Phi) is 14.7. The van der Waals surface area contributed by atoms with E-state index in [1.54, 1.807) is 27.5 Å². The van der Waals surface area contributed by atoms with E-state index in [-0.39, 0.29) is 5.95 Å². The molecular formula is C32H45N3O9. The fourth-order valence-electron chi connectivity index (χ4n) is 4.67. The Morgan fingerprint density at radius 2 is 1.23 bits per heavy atom. The van der Waals surface area contributed by atoms with Gasteiger partial charge in [-0.15, -0.1) is 0 Å². The van der Waals surface area contributed by atoms with E-state index in [2.05, 4.69) is 37.0 Å². The number of imidazole rings is 1. The van der Waals surface area contributed by atoms with Crippen LogP contribution < -0.4 is 18.9 Å². The Bertz CT molecular complexity index is 1280. The van der Waals surface area contributed by atoms with Crippen LogP contribution in [0.3, 0.4) is 0 Å². The van der Waals surface area contributed by atoms with Gasteiger partial charge in [0, 0.05) is 0 Å². The van der Waals surface area contributed by atoms with Crippen LogP contribution in [0, 0.1) is 22.0 Å². The first-order chi connectivity index (χ1) is 21.4. The molecule has 44 heavy (non-hydrogen) atoms. The fourth-order valence-corrected chi connectivity index (χ4v) is 4.67. The number of hydrogen-bond donors (Lipinski definition) is 0. The highest BCUT2D eigenvalue weighted by Gasteiger charge is 2.17. The molecule has 0 N–H and O–H groups in total. The van der Waals surface area contributed by atoms with Crippen molar-refractivity contribution in [2.45, 2.75) is 33.2 Å². The third-order valence-corrected chi connectivity index (χ3v) is 7.33. The SMILES string of the molecule is COc1ccc(C[C@H](C)[C@H](C)Cc2ccc(OCCOCCOCCOCCn3ccnc3[N+](=O)[O-])c(OC)c2)cc1OC. The molecule has 0 bridgehead atoms. The number of methoxy groups -OCH3 is 3. The van der Waals surface area contributed by atoms with E-state index in [0.29, 0.717) is 76.1 Å². The maximum absolute atomic E-state index is 10.8. The molecule has 3 rings (SSSR count). The van der Waals surface area contributed by atoms with Crippen LogP contribution in [0.15, 0.2) is 48.8 Å². The Balaban J connectivity index is 1.28. The largest absolute Gasteiger partial charge is 0.493 e. The first-order valence-electron chi connectivity index (χ1n) is 14.8. The van der Waals surface area contributed by atoms with Gasteiger partial charge in [0.1, 0.15) is 19.0 Å². The summed E-state index contributed by atoms with van der Waals surface area (Å²) in [6.07, 6.45) is 4.82. The molecule has 0 radical (unpaired) electrons. The zero-order chi connectivity index (χ0) is 31.7. The second-order valence-corrected chi connectivity index (χ2v) is 10.4. The molecule has 0 amide bonds. The summed E-state index contributed by atoms with van der Waals surface area (Å²) < 4.78 is 40.3. The Hall–Kier alpha value is -3.87. The first-order valence-corrected chi connectivity index (χ1v) is 14.8. The summed E-state index contributed by atoms with van der Waals surface area (Å²) in [4.78, 5) is 14.0. The van der Waals surface area contributed by atoms with Crippen LogP contribution in [0.2, 0.25) is 0 Å². The minimum absolute atomic E-state index is 0.194. The number of hydrogen-bond acceptors (Lipinski definition) is 10. The van der Waals surface area contributed by atoms with Crippen LogP contribution in [0.4, 0.5) is 5.95 Å². The van der Waals surface area contributed by atoms with Gasteiger partial charge in [-0.25, -0.2) is 4.57 Å². The van der Waals surface area contributed by atoms with Gasteiger partial charge in [0.15, 0.2) is 23.0 Å². The fraction of sp³-hybridized carbons (Fsp3) is 0.531. The number of nitrogens with zero attached hydrogens (tertiary/aromatic N) is 3. The van der Waals surface area contributed by atoms with Gasteiger partial charge in [0.25, 0.3) is 0 Å². The standard InChI is InChI=1S/C32H45N3O9/c1-24(20-26-6-8-28(38-3)30(22-26)39-4)25(2)21-27-7-9-29(31(23-27)40-5)44-19-18-43-17-16-42-15-14-41-13-12-34-11-10-33-32(34)35(36)37/h6-11,22-25H,12-21H2,1-5H3/t24-,25+/m0/s1. The van der Waals surface area contributed by atoms with Gasteiger partial charge in [0.2, 0.25) is 0 Å². The molecule has 2 atom stereocenters. The first kappa shape index (κ1) is 34.6. The van der Waals surface area contributed by atoms with Crippen LogP contribution in [-0.2, 0) is 33.6 Å². The number of ether oxygens (including phenoxy) is 7. The zero-order valence-electron chi connectivity index (χ0n) is 26.4. The highest BCUT2D eigenvalue weighted by Crippen LogP contribution is 2.32. The van der Waals surface area contributed by atoms with Crippen molar-refractivity contribution >= 4 is 5.95 Å². The summed E-state index contributed by atoms with van der Waals surface area (Å²) >= 11 is 0. The normalized spacial score (nSPS) is 12.5. The quantitative estimate of drug-likeness (QED) is 0.0866. The lowest BCUT2D eigenvalue weighted by Gasteiger charge is -2.21. The molecule has 0 aliphatic carbocycles. The second-order valence-electron chi connectivity index (χ2n) is 10.4. The molecule has 1 heterocycles. The lowest BCUT2D eigenvalue weighted by molar-refractivity contribution is -0.396. The molecule has 242 valence electrons. The number of aromatic nitrogens is 2. The molecule has 0 fully saturated rings. The molecule has 0 unspecified atom stereocenters. The Morgan fingerprint density at radius 3 is 1.77 bits per heavy atom. The van der Waals surface area contributed by atoms with E-state index in [0.717, 1.165) is 24.3 Å². The lowest BCUT2D eigenvalue weighted by Crippen LogP contribution is -2.14. The molecule has 1 aromatic heterocycles. The van der Waals surface area contributed by atoms with Gasteiger partial charge in [0.05, 0.1) is 67.5 Å². The molecule has 0 saturated carbocycles. The zero-order valence-corrected chi connectivity index (χ0v) is 26.4. The monoisotopic (exact) mass is 615 g/mol. The van der Waals surface area contributed by atoms with Gasteiger partial charge in [-0.3, -0.25) is 0 Å². The van der Waals surface area contributed by atoms with Crippen molar-refractivity contribution < 1.29 is 38.1 Å². The average molecular weight is 616 g/mol. The predicted octanol–water partition coefficient (Wildman–Crippen LogP) is 5.00. The van der Waals surface area contributed by atoms with E-state index < -0.39 is 4.92 Å². The van der Waals surface area contributed by atoms with Crippen molar-refractivity contribution in [1.29, 1.82) is 0 Å². The summed E-state index contributed by atoms with van der Waals surface area (Å²) in [5.41, 5.74) is 2.42. The van der Waals surface area contributed by atoms with Gasteiger partial charge in [-0.2, -0.15) is 0 Å². The number of nitro groups is 1. The summed E-state index contributed by atoms with van der Waals surface area (Å²) in [7, 11) is 4.95. The van der Waals surface area contributed by atoms with Crippen molar-refractivity contribution in [3.63, 3.8) is 0 Å². The summed E-state index contributed by atoms with van der Waals surface area (Å²) in [6.45, 7) is 7.69. The molecular weight excluding hydrogens is 570 g/mol. The maximum atomic E-state index is 10.8. The lowest BCUT2D eigenvalue weighted by atomic mass is 9.85. The van der Waals surface area contributed by atoms with Crippen LogP contribution >= 0.6 is 0 Å². The topological polar surface area (TPSA) is 126 Å². The molecule has 0 saturated heterocycles.